The number of amides is 1. The summed E-state index contributed by atoms with van der Waals surface area (Å²) in [6, 6.07) is 16.9. The van der Waals surface area contributed by atoms with E-state index in [1.807, 2.05) is 41.0 Å². The summed E-state index contributed by atoms with van der Waals surface area (Å²) in [6.45, 7) is 2.18. The normalized spacial score (nSPS) is 11.8. The molecule has 4 aromatic rings. The van der Waals surface area contributed by atoms with Crippen molar-refractivity contribution in [2.45, 2.75) is 23.9 Å². The molecule has 1 atom stereocenters. The van der Waals surface area contributed by atoms with Crippen LogP contribution in [0, 0.1) is 5.82 Å². The van der Waals surface area contributed by atoms with Gasteiger partial charge in [0.15, 0.2) is 11.0 Å². The molecule has 2 heterocycles. The second-order valence-corrected chi connectivity index (χ2v) is 8.27. The summed E-state index contributed by atoms with van der Waals surface area (Å²) in [6.07, 6.45) is 1.61. The Morgan fingerprint density at radius 2 is 2.00 bits per heavy atom. The molecule has 1 amide bonds. The molecule has 0 spiro atoms. The number of benzene rings is 2. The molecule has 0 aliphatic rings. The lowest BCUT2D eigenvalue weighted by Crippen LogP contribution is -2.23. The second kappa shape index (κ2) is 9.69. The molecule has 0 radical (unpaired) electrons. The Morgan fingerprint density at radius 3 is 2.72 bits per heavy atom. The molecule has 0 bridgehead atoms. The van der Waals surface area contributed by atoms with E-state index in [2.05, 4.69) is 15.5 Å². The SMILES string of the molecule is COc1cccc(-c2nnc(S[C@H](C)C(=O)Nc3ccc(F)cc3)n2Cc2ccco2)c1. The smallest absolute Gasteiger partial charge is 0.237 e. The van der Waals surface area contributed by atoms with Crippen molar-refractivity contribution in [3.05, 3.63) is 78.5 Å². The van der Waals surface area contributed by atoms with Gasteiger partial charge >= 0.3 is 0 Å². The van der Waals surface area contributed by atoms with E-state index < -0.39 is 5.25 Å². The van der Waals surface area contributed by atoms with Crippen LogP contribution < -0.4 is 10.1 Å². The largest absolute Gasteiger partial charge is 0.497 e. The van der Waals surface area contributed by atoms with Crippen LogP contribution in [0.1, 0.15) is 12.7 Å². The molecule has 0 saturated heterocycles. The Hall–Kier alpha value is -3.59. The predicted octanol–water partition coefficient (Wildman–Crippen LogP) is 4.85. The number of halogens is 1. The molecule has 0 aliphatic heterocycles. The zero-order valence-electron chi connectivity index (χ0n) is 17.5. The van der Waals surface area contributed by atoms with Crippen molar-refractivity contribution >= 4 is 23.4 Å². The quantitative estimate of drug-likeness (QED) is 0.385. The van der Waals surface area contributed by atoms with Crippen LogP contribution in [0.3, 0.4) is 0 Å². The van der Waals surface area contributed by atoms with Crippen molar-refractivity contribution in [1.82, 2.24) is 14.8 Å². The third kappa shape index (κ3) is 5.00. The molecular formula is C23H21FN4O3S. The van der Waals surface area contributed by atoms with Gasteiger partial charge in [0.25, 0.3) is 0 Å². The second-order valence-electron chi connectivity index (χ2n) is 6.96. The number of hydrogen-bond acceptors (Lipinski definition) is 6. The van der Waals surface area contributed by atoms with E-state index in [4.69, 9.17) is 9.15 Å². The molecular weight excluding hydrogens is 431 g/mol. The molecule has 164 valence electrons. The minimum absolute atomic E-state index is 0.225. The predicted molar refractivity (Wildman–Crippen MR) is 120 cm³/mol. The first-order valence-corrected chi connectivity index (χ1v) is 10.7. The lowest BCUT2D eigenvalue weighted by atomic mass is 10.2. The number of rotatable bonds is 8. The molecule has 2 aromatic heterocycles. The maximum absolute atomic E-state index is 13.1. The zero-order chi connectivity index (χ0) is 22.5. The summed E-state index contributed by atoms with van der Waals surface area (Å²) >= 11 is 1.28. The standard InChI is InChI=1S/C23H21FN4O3S/c1-15(22(29)25-18-10-8-17(24)9-11-18)32-23-27-26-21(16-5-3-6-19(13-16)30-2)28(23)14-20-7-4-12-31-20/h3-13,15H,14H2,1-2H3,(H,25,29)/t15-/m1/s1. The summed E-state index contributed by atoms with van der Waals surface area (Å²) in [4.78, 5) is 12.7. The highest BCUT2D eigenvalue weighted by Gasteiger charge is 2.22. The molecule has 7 nitrogen and oxygen atoms in total. The van der Waals surface area contributed by atoms with Crippen LogP contribution in [0.2, 0.25) is 0 Å². The Morgan fingerprint density at radius 1 is 1.19 bits per heavy atom. The van der Waals surface area contributed by atoms with Gasteiger partial charge in [-0.1, -0.05) is 23.9 Å². The fourth-order valence-corrected chi connectivity index (χ4v) is 3.89. The van der Waals surface area contributed by atoms with E-state index in [-0.39, 0.29) is 11.7 Å². The van der Waals surface area contributed by atoms with Gasteiger partial charge < -0.3 is 14.5 Å². The van der Waals surface area contributed by atoms with E-state index in [0.717, 1.165) is 11.3 Å². The van der Waals surface area contributed by atoms with Crippen LogP contribution >= 0.6 is 11.8 Å². The van der Waals surface area contributed by atoms with Crippen molar-refractivity contribution in [3.8, 4) is 17.1 Å². The molecule has 9 heteroatoms. The van der Waals surface area contributed by atoms with E-state index in [9.17, 15) is 9.18 Å². The van der Waals surface area contributed by atoms with E-state index in [1.54, 1.807) is 20.3 Å². The number of hydrogen-bond donors (Lipinski definition) is 1. The highest BCUT2D eigenvalue weighted by atomic mass is 32.2. The highest BCUT2D eigenvalue weighted by Crippen LogP contribution is 2.30. The Balaban J connectivity index is 1.59. The number of methoxy groups -OCH3 is 1. The number of furan rings is 1. The minimum Gasteiger partial charge on any atom is -0.497 e. The molecule has 32 heavy (non-hydrogen) atoms. The summed E-state index contributed by atoms with van der Waals surface area (Å²) in [5.74, 6) is 1.49. The molecule has 0 saturated carbocycles. The number of ether oxygens (including phenoxy) is 1. The van der Waals surface area contributed by atoms with Gasteiger partial charge in [0, 0.05) is 11.3 Å². The first-order valence-electron chi connectivity index (χ1n) is 9.86. The third-order valence-electron chi connectivity index (χ3n) is 4.70. The first-order chi connectivity index (χ1) is 15.5. The average Bonchev–Trinajstić information content (AvgIpc) is 3.46. The Kier molecular flexibility index (Phi) is 6.55. The van der Waals surface area contributed by atoms with Crippen molar-refractivity contribution in [2.75, 3.05) is 12.4 Å². The van der Waals surface area contributed by atoms with E-state index >= 15 is 0 Å². The Labute approximate surface area is 188 Å². The molecule has 0 fully saturated rings. The van der Waals surface area contributed by atoms with Crippen LogP contribution in [0.15, 0.2) is 76.5 Å². The number of nitrogens with one attached hydrogen (secondary N) is 1. The lowest BCUT2D eigenvalue weighted by Gasteiger charge is -2.13. The number of aromatic nitrogens is 3. The lowest BCUT2D eigenvalue weighted by molar-refractivity contribution is -0.115. The number of carbonyl (C=O) groups is 1. The van der Waals surface area contributed by atoms with Crippen molar-refractivity contribution in [1.29, 1.82) is 0 Å². The first kappa shape index (κ1) is 21.6. The van der Waals surface area contributed by atoms with Crippen LogP contribution in [0.4, 0.5) is 10.1 Å². The van der Waals surface area contributed by atoms with Gasteiger partial charge in [0.2, 0.25) is 5.91 Å². The topological polar surface area (TPSA) is 82.2 Å². The Bertz CT molecular complexity index is 1190. The third-order valence-corrected chi connectivity index (χ3v) is 5.78. The minimum atomic E-state index is -0.474. The molecule has 0 unspecified atom stereocenters. The summed E-state index contributed by atoms with van der Waals surface area (Å²) < 4.78 is 25.9. The van der Waals surface area contributed by atoms with Crippen molar-refractivity contribution < 1.29 is 18.3 Å². The maximum atomic E-state index is 13.1. The van der Waals surface area contributed by atoms with Crippen LogP contribution in [-0.2, 0) is 11.3 Å². The zero-order valence-corrected chi connectivity index (χ0v) is 18.3. The highest BCUT2D eigenvalue weighted by molar-refractivity contribution is 8.00. The van der Waals surface area contributed by atoms with E-state index in [1.165, 1.54) is 36.0 Å². The molecule has 0 aliphatic carbocycles. The van der Waals surface area contributed by atoms with Gasteiger partial charge in [-0.05, 0) is 55.5 Å². The monoisotopic (exact) mass is 452 g/mol. The molecule has 2 aromatic carbocycles. The number of nitrogens with zero attached hydrogens (tertiary/aromatic N) is 3. The number of thioether (sulfide) groups is 1. The van der Waals surface area contributed by atoms with E-state index in [0.29, 0.717) is 29.0 Å². The maximum Gasteiger partial charge on any atom is 0.237 e. The van der Waals surface area contributed by atoms with Crippen LogP contribution in [0.5, 0.6) is 5.75 Å². The van der Waals surface area contributed by atoms with Crippen LogP contribution in [-0.4, -0.2) is 33.0 Å². The van der Waals surface area contributed by atoms with Gasteiger partial charge in [-0.25, -0.2) is 4.39 Å². The molecule has 1 N–H and O–H groups in total. The van der Waals surface area contributed by atoms with Gasteiger partial charge in [-0.15, -0.1) is 10.2 Å². The fourth-order valence-electron chi connectivity index (χ4n) is 3.04. The summed E-state index contributed by atoms with van der Waals surface area (Å²) in [7, 11) is 1.61. The van der Waals surface area contributed by atoms with Gasteiger partial charge in [-0.3, -0.25) is 9.36 Å². The van der Waals surface area contributed by atoms with Gasteiger partial charge in [0.1, 0.15) is 17.3 Å². The van der Waals surface area contributed by atoms with Crippen LogP contribution in [0.25, 0.3) is 11.4 Å². The fraction of sp³-hybridized carbons (Fsp3) is 0.174. The van der Waals surface area contributed by atoms with Crippen molar-refractivity contribution in [2.24, 2.45) is 0 Å². The number of carbonyl (C=O) groups excluding carboxylic acids is 1. The van der Waals surface area contributed by atoms with Gasteiger partial charge in [0.05, 0.1) is 25.2 Å². The van der Waals surface area contributed by atoms with Gasteiger partial charge in [-0.2, -0.15) is 0 Å². The summed E-state index contributed by atoms with van der Waals surface area (Å²) in [5.41, 5.74) is 1.36. The average molecular weight is 453 g/mol. The van der Waals surface area contributed by atoms with Crippen molar-refractivity contribution in [3.63, 3.8) is 0 Å². The number of anilines is 1. The summed E-state index contributed by atoms with van der Waals surface area (Å²) in [5, 5.41) is 11.6. The molecule has 4 rings (SSSR count).